The molecule has 0 fully saturated rings. The van der Waals surface area contributed by atoms with E-state index in [4.69, 9.17) is 0 Å². The smallest absolute Gasteiger partial charge is 0.136 e. The first-order chi connectivity index (χ1) is 7.84. The maximum Gasteiger partial charge on any atom is 0.136 e. The number of anilines is 1. The van der Waals surface area contributed by atoms with E-state index >= 15 is 0 Å². The molecule has 3 heteroatoms. The molecule has 0 spiro atoms. The molecule has 1 aromatic heterocycles. The van der Waals surface area contributed by atoms with Gasteiger partial charge in [0.05, 0.1) is 0 Å². The Kier molecular flexibility index (Phi) is 2.39. The zero-order valence-corrected chi connectivity index (χ0v) is 9.74. The summed E-state index contributed by atoms with van der Waals surface area (Å²) in [5.74, 6) is 2.12. The standard InChI is InChI=1S/C13H17N3/c1-10-14-12-7-5-6-11(12)13(15-10)16-8-3-2-4-9-16/h2-3H,4-9H2,1H3. The van der Waals surface area contributed by atoms with Gasteiger partial charge in [-0.3, -0.25) is 0 Å². The lowest BCUT2D eigenvalue weighted by Crippen LogP contribution is -2.29. The van der Waals surface area contributed by atoms with E-state index in [2.05, 4.69) is 27.0 Å². The molecule has 1 aromatic rings. The Labute approximate surface area is 96.2 Å². The van der Waals surface area contributed by atoms with Crippen molar-refractivity contribution in [3.63, 3.8) is 0 Å². The summed E-state index contributed by atoms with van der Waals surface area (Å²) in [6.07, 6.45) is 9.16. The fraction of sp³-hybridized carbons (Fsp3) is 0.538. The summed E-state index contributed by atoms with van der Waals surface area (Å²) < 4.78 is 0. The predicted molar refractivity (Wildman–Crippen MR) is 64.8 cm³/mol. The molecule has 1 aliphatic heterocycles. The molecule has 2 heterocycles. The Hall–Kier alpha value is -1.38. The first-order valence-corrected chi connectivity index (χ1v) is 6.11. The van der Waals surface area contributed by atoms with Crippen molar-refractivity contribution < 1.29 is 0 Å². The Bertz CT molecular complexity index is 437. The number of rotatable bonds is 1. The summed E-state index contributed by atoms with van der Waals surface area (Å²) in [7, 11) is 0. The summed E-state index contributed by atoms with van der Waals surface area (Å²) in [6.45, 7) is 4.10. The van der Waals surface area contributed by atoms with Gasteiger partial charge in [-0.25, -0.2) is 9.97 Å². The SMILES string of the molecule is Cc1nc2c(c(N3CC=CCC3)n1)CCC2. The first kappa shape index (κ1) is 9.82. The minimum absolute atomic E-state index is 0.921. The highest BCUT2D eigenvalue weighted by molar-refractivity contribution is 5.52. The van der Waals surface area contributed by atoms with Crippen LogP contribution in [-0.2, 0) is 12.8 Å². The zero-order chi connectivity index (χ0) is 11.0. The van der Waals surface area contributed by atoms with Gasteiger partial charge in [0.2, 0.25) is 0 Å². The number of aromatic nitrogens is 2. The summed E-state index contributed by atoms with van der Waals surface area (Å²) in [4.78, 5) is 11.6. The number of hydrogen-bond donors (Lipinski definition) is 0. The molecule has 0 saturated carbocycles. The van der Waals surface area contributed by atoms with Gasteiger partial charge < -0.3 is 4.90 Å². The van der Waals surface area contributed by atoms with E-state index in [1.165, 1.54) is 23.5 Å². The molecule has 0 atom stereocenters. The Balaban J connectivity index is 2.02. The molecule has 0 N–H and O–H groups in total. The number of nitrogens with zero attached hydrogens (tertiary/aromatic N) is 3. The van der Waals surface area contributed by atoms with Crippen molar-refractivity contribution in [2.24, 2.45) is 0 Å². The fourth-order valence-corrected chi connectivity index (χ4v) is 2.63. The van der Waals surface area contributed by atoms with Gasteiger partial charge in [-0.15, -0.1) is 0 Å². The third-order valence-electron chi connectivity index (χ3n) is 3.38. The van der Waals surface area contributed by atoms with Crippen molar-refractivity contribution in [2.75, 3.05) is 18.0 Å². The second kappa shape index (κ2) is 3.89. The average molecular weight is 215 g/mol. The minimum atomic E-state index is 0.921. The summed E-state index contributed by atoms with van der Waals surface area (Å²) >= 11 is 0. The molecule has 0 unspecified atom stereocenters. The normalized spacial score (nSPS) is 18.9. The second-order valence-corrected chi connectivity index (χ2v) is 4.58. The van der Waals surface area contributed by atoms with Gasteiger partial charge in [0, 0.05) is 24.3 Å². The van der Waals surface area contributed by atoms with E-state index in [1.807, 2.05) is 6.92 Å². The number of hydrogen-bond acceptors (Lipinski definition) is 3. The van der Waals surface area contributed by atoms with Crippen LogP contribution in [0.4, 0.5) is 5.82 Å². The van der Waals surface area contributed by atoms with Gasteiger partial charge in [-0.05, 0) is 32.6 Å². The molecule has 1 aliphatic carbocycles. The van der Waals surface area contributed by atoms with Gasteiger partial charge >= 0.3 is 0 Å². The Morgan fingerprint density at radius 3 is 2.94 bits per heavy atom. The molecule has 3 nitrogen and oxygen atoms in total. The van der Waals surface area contributed by atoms with Crippen LogP contribution in [0.1, 0.15) is 29.9 Å². The number of aryl methyl sites for hydroxylation is 2. The average Bonchev–Trinajstić information content (AvgIpc) is 2.77. The summed E-state index contributed by atoms with van der Waals surface area (Å²) in [5, 5.41) is 0. The molecule has 0 bridgehead atoms. The minimum Gasteiger partial charge on any atom is -0.352 e. The molecule has 84 valence electrons. The largest absolute Gasteiger partial charge is 0.352 e. The van der Waals surface area contributed by atoms with E-state index in [9.17, 15) is 0 Å². The first-order valence-electron chi connectivity index (χ1n) is 6.11. The Morgan fingerprint density at radius 2 is 2.12 bits per heavy atom. The van der Waals surface area contributed by atoms with Gasteiger partial charge in [-0.2, -0.15) is 0 Å². The molecule has 2 aliphatic rings. The molecule has 3 rings (SSSR count). The van der Waals surface area contributed by atoms with Crippen molar-refractivity contribution in [3.05, 3.63) is 29.2 Å². The van der Waals surface area contributed by atoms with Crippen LogP contribution < -0.4 is 4.90 Å². The summed E-state index contributed by atoms with van der Waals surface area (Å²) in [6, 6.07) is 0. The third-order valence-corrected chi connectivity index (χ3v) is 3.38. The maximum absolute atomic E-state index is 4.65. The van der Waals surface area contributed by atoms with Crippen LogP contribution in [0.2, 0.25) is 0 Å². The van der Waals surface area contributed by atoms with E-state index in [-0.39, 0.29) is 0 Å². The molecule has 0 aromatic carbocycles. The van der Waals surface area contributed by atoms with Crippen LogP contribution in [0, 0.1) is 6.92 Å². The van der Waals surface area contributed by atoms with E-state index in [1.54, 1.807) is 0 Å². The van der Waals surface area contributed by atoms with Crippen molar-refractivity contribution in [3.8, 4) is 0 Å². The Morgan fingerprint density at radius 1 is 1.19 bits per heavy atom. The quantitative estimate of drug-likeness (QED) is 0.671. The predicted octanol–water partition coefficient (Wildman–Crippen LogP) is 2.04. The van der Waals surface area contributed by atoms with Crippen molar-refractivity contribution >= 4 is 5.82 Å². The molecule has 0 radical (unpaired) electrons. The van der Waals surface area contributed by atoms with Crippen molar-refractivity contribution in [1.29, 1.82) is 0 Å². The molecule has 16 heavy (non-hydrogen) atoms. The fourth-order valence-electron chi connectivity index (χ4n) is 2.63. The van der Waals surface area contributed by atoms with Gasteiger partial charge in [-0.1, -0.05) is 12.2 Å². The topological polar surface area (TPSA) is 29.0 Å². The molecular formula is C13H17N3. The molecule has 0 saturated heterocycles. The molecule has 0 amide bonds. The molecular weight excluding hydrogens is 198 g/mol. The van der Waals surface area contributed by atoms with Crippen LogP contribution in [-0.4, -0.2) is 23.1 Å². The highest BCUT2D eigenvalue weighted by atomic mass is 15.2. The zero-order valence-electron chi connectivity index (χ0n) is 9.74. The third kappa shape index (κ3) is 1.60. The van der Waals surface area contributed by atoms with Crippen LogP contribution in [0.3, 0.4) is 0 Å². The lowest BCUT2D eigenvalue weighted by atomic mass is 10.2. The lowest BCUT2D eigenvalue weighted by molar-refractivity contribution is 0.788. The maximum atomic E-state index is 4.65. The highest BCUT2D eigenvalue weighted by Gasteiger charge is 2.22. The van der Waals surface area contributed by atoms with Crippen LogP contribution >= 0.6 is 0 Å². The van der Waals surface area contributed by atoms with Gasteiger partial charge in [0.15, 0.2) is 0 Å². The van der Waals surface area contributed by atoms with Gasteiger partial charge in [0.25, 0.3) is 0 Å². The number of fused-ring (bicyclic) bond motifs is 1. The van der Waals surface area contributed by atoms with Crippen LogP contribution in [0.5, 0.6) is 0 Å². The van der Waals surface area contributed by atoms with E-state index < -0.39 is 0 Å². The monoisotopic (exact) mass is 215 g/mol. The second-order valence-electron chi connectivity index (χ2n) is 4.58. The van der Waals surface area contributed by atoms with Crippen LogP contribution in [0.25, 0.3) is 0 Å². The van der Waals surface area contributed by atoms with E-state index in [0.717, 1.165) is 38.2 Å². The highest BCUT2D eigenvalue weighted by Crippen LogP contribution is 2.29. The van der Waals surface area contributed by atoms with Crippen molar-refractivity contribution in [1.82, 2.24) is 9.97 Å². The summed E-state index contributed by atoms with van der Waals surface area (Å²) in [5.41, 5.74) is 2.69. The van der Waals surface area contributed by atoms with E-state index in [0.29, 0.717) is 0 Å². The van der Waals surface area contributed by atoms with Crippen LogP contribution in [0.15, 0.2) is 12.2 Å². The van der Waals surface area contributed by atoms with Crippen molar-refractivity contribution in [2.45, 2.75) is 32.6 Å². The lowest BCUT2D eigenvalue weighted by Gasteiger charge is -2.26. The van der Waals surface area contributed by atoms with Gasteiger partial charge in [0.1, 0.15) is 11.6 Å².